The van der Waals surface area contributed by atoms with E-state index in [1.54, 1.807) is 44.2 Å². The van der Waals surface area contributed by atoms with Gasteiger partial charge in [-0.2, -0.15) is 9.78 Å². The third-order valence-corrected chi connectivity index (χ3v) is 4.26. The van der Waals surface area contributed by atoms with E-state index in [4.69, 9.17) is 4.74 Å². The topological polar surface area (TPSA) is 102 Å². The first kappa shape index (κ1) is 19.3. The van der Waals surface area contributed by atoms with E-state index in [0.29, 0.717) is 47.1 Å². The highest BCUT2D eigenvalue weighted by Crippen LogP contribution is 2.17. The van der Waals surface area contributed by atoms with Gasteiger partial charge in [-0.05, 0) is 51.5 Å². The van der Waals surface area contributed by atoms with Crippen molar-refractivity contribution in [2.45, 2.75) is 34.1 Å². The molecule has 1 aromatic carbocycles. The van der Waals surface area contributed by atoms with E-state index in [2.05, 4.69) is 20.4 Å². The third kappa shape index (κ3) is 3.95. The van der Waals surface area contributed by atoms with E-state index in [1.807, 2.05) is 13.8 Å². The molecular weight excluding hydrogens is 358 g/mol. The zero-order valence-corrected chi connectivity index (χ0v) is 16.4. The molecule has 2 aromatic heterocycles. The summed E-state index contributed by atoms with van der Waals surface area (Å²) in [5, 5.41) is 7.18. The van der Waals surface area contributed by atoms with Crippen molar-refractivity contribution < 1.29 is 9.53 Å². The highest BCUT2D eigenvalue weighted by atomic mass is 16.5. The predicted molar refractivity (Wildman–Crippen MR) is 106 cm³/mol. The second-order valence-electron chi connectivity index (χ2n) is 6.30. The zero-order chi connectivity index (χ0) is 20.3. The van der Waals surface area contributed by atoms with Crippen LogP contribution in [0.4, 0.5) is 5.82 Å². The Labute approximate surface area is 162 Å². The lowest BCUT2D eigenvalue weighted by atomic mass is 10.2. The van der Waals surface area contributed by atoms with Crippen LogP contribution in [0.3, 0.4) is 0 Å². The molecular formula is C20H23N5O3. The molecule has 2 heterocycles. The van der Waals surface area contributed by atoms with Crippen molar-refractivity contribution in [3.63, 3.8) is 0 Å². The van der Waals surface area contributed by atoms with Gasteiger partial charge >= 0.3 is 0 Å². The van der Waals surface area contributed by atoms with Gasteiger partial charge < -0.3 is 10.1 Å². The van der Waals surface area contributed by atoms with Crippen LogP contribution in [0.1, 0.15) is 41.2 Å². The molecule has 0 unspecified atom stereocenters. The molecule has 8 heteroatoms. The number of H-pyrrole nitrogens is 1. The molecule has 146 valence electrons. The maximum Gasteiger partial charge on any atom is 0.256 e. The number of anilines is 1. The summed E-state index contributed by atoms with van der Waals surface area (Å²) in [5.74, 6) is 1.08. The fourth-order valence-electron chi connectivity index (χ4n) is 2.92. The van der Waals surface area contributed by atoms with Gasteiger partial charge in [-0.3, -0.25) is 14.6 Å². The summed E-state index contributed by atoms with van der Waals surface area (Å²) in [6.45, 7) is 7.95. The van der Waals surface area contributed by atoms with Crippen LogP contribution in [0.15, 0.2) is 35.1 Å². The van der Waals surface area contributed by atoms with Crippen molar-refractivity contribution in [2.75, 3.05) is 11.9 Å². The normalized spacial score (nSPS) is 10.7. The van der Waals surface area contributed by atoms with Gasteiger partial charge in [-0.25, -0.2) is 4.98 Å². The average molecular weight is 381 g/mol. The van der Waals surface area contributed by atoms with Gasteiger partial charge in [0.25, 0.3) is 11.5 Å². The van der Waals surface area contributed by atoms with Crippen LogP contribution >= 0.6 is 0 Å². The molecule has 0 bridgehead atoms. The lowest BCUT2D eigenvalue weighted by Gasteiger charge is -2.10. The van der Waals surface area contributed by atoms with E-state index in [1.165, 1.54) is 4.68 Å². The number of aryl methyl sites for hydroxylation is 2. The number of nitrogens with one attached hydrogen (secondary N) is 2. The maximum atomic E-state index is 12.6. The van der Waals surface area contributed by atoms with E-state index < -0.39 is 0 Å². The molecule has 0 fully saturated rings. The van der Waals surface area contributed by atoms with Gasteiger partial charge in [0.1, 0.15) is 11.6 Å². The summed E-state index contributed by atoms with van der Waals surface area (Å²) in [6.07, 6.45) is 0.591. The Bertz CT molecular complexity index is 1050. The zero-order valence-electron chi connectivity index (χ0n) is 16.4. The molecule has 0 atom stereocenters. The molecule has 0 radical (unpaired) electrons. The van der Waals surface area contributed by atoms with Gasteiger partial charge in [-0.15, -0.1) is 0 Å². The summed E-state index contributed by atoms with van der Waals surface area (Å²) >= 11 is 0. The van der Waals surface area contributed by atoms with Crippen molar-refractivity contribution >= 4 is 11.7 Å². The minimum Gasteiger partial charge on any atom is -0.494 e. The lowest BCUT2D eigenvalue weighted by Crippen LogP contribution is -2.22. The number of aromatic amines is 1. The van der Waals surface area contributed by atoms with Crippen molar-refractivity contribution in [3.05, 3.63) is 63.2 Å². The molecule has 28 heavy (non-hydrogen) atoms. The standard InChI is InChI=1S/C20H23N5O3/c1-5-16-13(4)21-20(23-19(16)27)25-17(11-12(3)24-25)22-18(26)14-7-9-15(10-8-14)28-6-2/h7-11H,5-6H2,1-4H3,(H,22,26)(H,21,23,27). The van der Waals surface area contributed by atoms with E-state index in [0.717, 1.165) is 0 Å². The Balaban J connectivity index is 1.90. The Hall–Kier alpha value is -3.42. The first-order chi connectivity index (χ1) is 13.4. The summed E-state index contributed by atoms with van der Waals surface area (Å²) in [6, 6.07) is 8.58. The number of benzene rings is 1. The van der Waals surface area contributed by atoms with Crippen LogP contribution < -0.4 is 15.6 Å². The van der Waals surface area contributed by atoms with Gasteiger partial charge in [0, 0.05) is 22.9 Å². The molecule has 0 saturated heterocycles. The number of rotatable bonds is 6. The molecule has 0 aliphatic carbocycles. The Morgan fingerprint density at radius 3 is 2.54 bits per heavy atom. The molecule has 0 spiro atoms. The molecule has 3 rings (SSSR count). The first-order valence-corrected chi connectivity index (χ1v) is 9.14. The first-order valence-electron chi connectivity index (χ1n) is 9.14. The molecule has 0 aliphatic heterocycles. The highest BCUT2D eigenvalue weighted by molar-refractivity contribution is 6.04. The second kappa shape index (κ2) is 8.08. The van der Waals surface area contributed by atoms with Gasteiger partial charge in [-0.1, -0.05) is 6.92 Å². The van der Waals surface area contributed by atoms with Crippen LogP contribution in [-0.4, -0.2) is 32.3 Å². The minimum atomic E-state index is -0.298. The van der Waals surface area contributed by atoms with E-state index in [9.17, 15) is 9.59 Å². The quantitative estimate of drug-likeness (QED) is 0.684. The largest absolute Gasteiger partial charge is 0.494 e. The van der Waals surface area contributed by atoms with Crippen molar-refractivity contribution in [1.29, 1.82) is 0 Å². The number of nitrogens with zero attached hydrogens (tertiary/aromatic N) is 3. The Morgan fingerprint density at radius 1 is 1.21 bits per heavy atom. The predicted octanol–water partition coefficient (Wildman–Crippen LogP) is 2.79. The van der Waals surface area contributed by atoms with Crippen molar-refractivity contribution in [3.8, 4) is 11.7 Å². The fourth-order valence-corrected chi connectivity index (χ4v) is 2.92. The van der Waals surface area contributed by atoms with Gasteiger partial charge in [0.15, 0.2) is 0 Å². The third-order valence-electron chi connectivity index (χ3n) is 4.26. The number of amides is 1. The summed E-state index contributed by atoms with van der Waals surface area (Å²) in [5.41, 5.74) is 2.22. The summed E-state index contributed by atoms with van der Waals surface area (Å²) in [7, 11) is 0. The van der Waals surface area contributed by atoms with Crippen molar-refractivity contribution in [2.24, 2.45) is 0 Å². The SMILES string of the molecule is CCOc1ccc(C(=O)Nc2cc(C)nn2-c2nc(C)c(CC)c(=O)[nH]2)cc1. The van der Waals surface area contributed by atoms with Crippen LogP contribution in [0.5, 0.6) is 5.75 Å². The maximum absolute atomic E-state index is 12.6. The number of carbonyl (C=O) groups is 1. The summed E-state index contributed by atoms with van der Waals surface area (Å²) < 4.78 is 6.82. The second-order valence-corrected chi connectivity index (χ2v) is 6.30. The van der Waals surface area contributed by atoms with Gasteiger partial charge in [0.2, 0.25) is 5.95 Å². The summed E-state index contributed by atoms with van der Waals surface area (Å²) in [4.78, 5) is 32.1. The number of ether oxygens (including phenoxy) is 1. The Morgan fingerprint density at radius 2 is 1.93 bits per heavy atom. The van der Waals surface area contributed by atoms with Crippen LogP contribution in [0.2, 0.25) is 0 Å². The van der Waals surface area contributed by atoms with Crippen LogP contribution in [-0.2, 0) is 6.42 Å². The van der Waals surface area contributed by atoms with E-state index >= 15 is 0 Å². The molecule has 0 saturated carbocycles. The molecule has 1 amide bonds. The van der Waals surface area contributed by atoms with E-state index in [-0.39, 0.29) is 17.4 Å². The van der Waals surface area contributed by atoms with Crippen molar-refractivity contribution in [1.82, 2.24) is 19.7 Å². The molecule has 0 aliphatic rings. The molecule has 8 nitrogen and oxygen atoms in total. The average Bonchev–Trinajstić information content (AvgIpc) is 3.02. The minimum absolute atomic E-state index is 0.207. The lowest BCUT2D eigenvalue weighted by molar-refractivity contribution is 0.102. The number of hydrogen-bond acceptors (Lipinski definition) is 5. The van der Waals surface area contributed by atoms with Gasteiger partial charge in [0.05, 0.1) is 12.3 Å². The number of carbonyl (C=O) groups excluding carboxylic acids is 1. The number of aromatic nitrogens is 4. The van der Waals surface area contributed by atoms with Crippen LogP contribution in [0.25, 0.3) is 5.95 Å². The van der Waals surface area contributed by atoms with Crippen LogP contribution in [0, 0.1) is 13.8 Å². The fraction of sp³-hybridized carbons (Fsp3) is 0.300. The monoisotopic (exact) mass is 381 g/mol. The highest BCUT2D eigenvalue weighted by Gasteiger charge is 2.15. The Kier molecular flexibility index (Phi) is 5.58. The smallest absolute Gasteiger partial charge is 0.256 e. The molecule has 2 N–H and O–H groups in total. The molecule has 3 aromatic rings. The number of hydrogen-bond donors (Lipinski definition) is 2.